The predicted octanol–water partition coefficient (Wildman–Crippen LogP) is 3.96. The monoisotopic (exact) mass is 330 g/mol. The van der Waals surface area contributed by atoms with E-state index in [1.807, 2.05) is 24.3 Å². The second-order valence-electron chi connectivity index (χ2n) is 6.17. The summed E-state index contributed by atoms with van der Waals surface area (Å²) in [6.07, 6.45) is 7.73. The van der Waals surface area contributed by atoms with Crippen LogP contribution in [0.1, 0.15) is 45.1 Å². The lowest BCUT2D eigenvalue weighted by Crippen LogP contribution is -2.43. The number of rotatable bonds is 5. The molecule has 1 aliphatic carbocycles. The van der Waals surface area contributed by atoms with Crippen molar-refractivity contribution in [2.45, 2.75) is 45.6 Å². The minimum Gasteiger partial charge on any atom is -0.463 e. The normalized spacial score (nSPS) is 20.6. The quantitative estimate of drug-likeness (QED) is 0.634. The van der Waals surface area contributed by atoms with Crippen LogP contribution in [0.5, 0.6) is 0 Å². The number of hydrogen-bond donors (Lipinski definition) is 2. The molecule has 24 heavy (non-hydrogen) atoms. The fraction of sp³-hybridized carbons (Fsp3) is 0.474. The molecule has 2 N–H and O–H groups in total. The summed E-state index contributed by atoms with van der Waals surface area (Å²) in [5.74, 6) is 0.167. The summed E-state index contributed by atoms with van der Waals surface area (Å²) < 4.78 is 4.83. The Morgan fingerprint density at radius 3 is 2.58 bits per heavy atom. The zero-order valence-corrected chi connectivity index (χ0v) is 14.4. The lowest BCUT2D eigenvalue weighted by molar-refractivity contribution is -0.137. The number of ether oxygens (including phenoxy) is 1. The molecule has 2 atom stereocenters. The summed E-state index contributed by atoms with van der Waals surface area (Å²) in [6, 6.07) is 7.40. The molecule has 0 aromatic heterocycles. The van der Waals surface area contributed by atoms with Gasteiger partial charge in [-0.1, -0.05) is 31.9 Å². The Morgan fingerprint density at radius 2 is 1.92 bits per heavy atom. The van der Waals surface area contributed by atoms with Crippen molar-refractivity contribution < 1.29 is 14.3 Å². The molecule has 1 fully saturated rings. The number of amides is 2. The summed E-state index contributed by atoms with van der Waals surface area (Å²) in [4.78, 5) is 23.4. The molecule has 1 saturated carbocycles. The molecule has 0 radical (unpaired) electrons. The van der Waals surface area contributed by atoms with Gasteiger partial charge in [-0.25, -0.2) is 9.59 Å². The fourth-order valence-electron chi connectivity index (χ4n) is 2.90. The van der Waals surface area contributed by atoms with Gasteiger partial charge in [-0.15, -0.1) is 0 Å². The molecule has 1 aliphatic rings. The first-order valence-electron chi connectivity index (χ1n) is 8.61. The van der Waals surface area contributed by atoms with Crippen LogP contribution >= 0.6 is 0 Å². The molecule has 2 rings (SSSR count). The first-order valence-corrected chi connectivity index (χ1v) is 8.61. The Kier molecular flexibility index (Phi) is 6.85. The van der Waals surface area contributed by atoms with Crippen LogP contribution in [-0.2, 0) is 9.53 Å². The van der Waals surface area contributed by atoms with E-state index < -0.39 is 0 Å². The molecular weight excluding hydrogens is 304 g/mol. The van der Waals surface area contributed by atoms with Crippen LogP contribution in [0, 0.1) is 5.92 Å². The van der Waals surface area contributed by atoms with Crippen LogP contribution in [0.4, 0.5) is 10.5 Å². The first kappa shape index (κ1) is 18.0. The number of anilines is 1. The molecule has 5 nitrogen and oxygen atoms in total. The van der Waals surface area contributed by atoms with E-state index in [4.69, 9.17) is 4.74 Å². The van der Waals surface area contributed by atoms with E-state index >= 15 is 0 Å². The van der Waals surface area contributed by atoms with E-state index in [2.05, 4.69) is 17.6 Å². The van der Waals surface area contributed by atoms with E-state index in [1.54, 1.807) is 13.0 Å². The van der Waals surface area contributed by atoms with Crippen molar-refractivity contribution in [2.24, 2.45) is 5.92 Å². The Hall–Kier alpha value is -2.30. The summed E-state index contributed by atoms with van der Waals surface area (Å²) in [6.45, 7) is 4.32. The molecule has 1 aromatic carbocycles. The maximum absolute atomic E-state index is 12.1. The van der Waals surface area contributed by atoms with Crippen LogP contribution < -0.4 is 10.6 Å². The summed E-state index contributed by atoms with van der Waals surface area (Å²) in [5.41, 5.74) is 1.60. The lowest BCUT2D eigenvalue weighted by Gasteiger charge is -2.29. The Bertz CT molecular complexity index is 581. The minimum atomic E-state index is -0.360. The number of urea groups is 1. The number of carbonyl (C=O) groups excluding carboxylic acids is 2. The molecule has 0 bridgehead atoms. The summed E-state index contributed by atoms with van der Waals surface area (Å²) in [7, 11) is 0. The van der Waals surface area contributed by atoms with Crippen molar-refractivity contribution in [3.05, 3.63) is 35.9 Å². The SMILES string of the molecule is CCOC(=O)/C=C/c1ccc(NC(=O)NC2CCCCC2C)cc1. The van der Waals surface area contributed by atoms with Crippen molar-refractivity contribution in [2.75, 3.05) is 11.9 Å². The van der Waals surface area contributed by atoms with E-state index in [0.717, 1.165) is 17.7 Å². The molecule has 130 valence electrons. The highest BCUT2D eigenvalue weighted by atomic mass is 16.5. The Balaban J connectivity index is 1.84. The highest BCUT2D eigenvalue weighted by Gasteiger charge is 2.22. The van der Waals surface area contributed by atoms with Crippen molar-refractivity contribution in [1.82, 2.24) is 5.32 Å². The van der Waals surface area contributed by atoms with Crippen LogP contribution in [0.25, 0.3) is 6.08 Å². The van der Waals surface area contributed by atoms with Crippen molar-refractivity contribution in [3.63, 3.8) is 0 Å². The molecule has 1 aromatic rings. The lowest BCUT2D eigenvalue weighted by atomic mass is 9.86. The van der Waals surface area contributed by atoms with Crippen molar-refractivity contribution in [1.29, 1.82) is 0 Å². The van der Waals surface area contributed by atoms with Crippen molar-refractivity contribution >= 4 is 23.8 Å². The fourth-order valence-corrected chi connectivity index (χ4v) is 2.90. The van der Waals surface area contributed by atoms with E-state index in [1.165, 1.54) is 25.3 Å². The molecule has 0 heterocycles. The van der Waals surface area contributed by atoms with Gasteiger partial charge in [0.1, 0.15) is 0 Å². The van der Waals surface area contributed by atoms with Gasteiger partial charge in [-0.05, 0) is 49.5 Å². The van der Waals surface area contributed by atoms with Gasteiger partial charge in [0, 0.05) is 17.8 Å². The predicted molar refractivity (Wildman–Crippen MR) is 95.7 cm³/mol. The number of benzene rings is 1. The maximum atomic E-state index is 12.1. The average molecular weight is 330 g/mol. The third kappa shape index (κ3) is 5.72. The number of nitrogens with one attached hydrogen (secondary N) is 2. The third-order valence-corrected chi connectivity index (χ3v) is 4.29. The van der Waals surface area contributed by atoms with Crippen LogP contribution in [0.15, 0.2) is 30.3 Å². The standard InChI is InChI=1S/C19H26N2O3/c1-3-24-18(22)13-10-15-8-11-16(12-9-15)20-19(23)21-17-7-5-4-6-14(17)2/h8-14,17H,3-7H2,1-2H3,(H2,20,21,23)/b13-10+. The smallest absolute Gasteiger partial charge is 0.330 e. The largest absolute Gasteiger partial charge is 0.463 e. The number of carbonyl (C=O) groups is 2. The van der Waals surface area contributed by atoms with Gasteiger partial charge in [0.15, 0.2) is 0 Å². The highest BCUT2D eigenvalue weighted by molar-refractivity contribution is 5.90. The maximum Gasteiger partial charge on any atom is 0.330 e. The molecule has 0 spiro atoms. The van der Waals surface area contributed by atoms with Gasteiger partial charge in [0.25, 0.3) is 0 Å². The molecule has 5 heteroatoms. The average Bonchev–Trinajstić information content (AvgIpc) is 2.57. The van der Waals surface area contributed by atoms with Crippen LogP contribution in [-0.4, -0.2) is 24.6 Å². The van der Waals surface area contributed by atoms with Gasteiger partial charge in [0.2, 0.25) is 0 Å². The highest BCUT2D eigenvalue weighted by Crippen LogP contribution is 2.23. The van der Waals surface area contributed by atoms with Crippen LogP contribution in [0.3, 0.4) is 0 Å². The Labute approximate surface area is 143 Å². The minimum absolute atomic E-state index is 0.163. The number of esters is 1. The van der Waals surface area contributed by atoms with Gasteiger partial charge in [0.05, 0.1) is 6.61 Å². The second-order valence-corrected chi connectivity index (χ2v) is 6.17. The second kappa shape index (κ2) is 9.11. The summed E-state index contributed by atoms with van der Waals surface area (Å²) >= 11 is 0. The molecule has 2 unspecified atom stereocenters. The summed E-state index contributed by atoms with van der Waals surface area (Å²) in [5, 5.41) is 5.92. The van der Waals surface area contributed by atoms with Gasteiger partial charge >= 0.3 is 12.0 Å². The van der Waals surface area contributed by atoms with Gasteiger partial charge < -0.3 is 15.4 Å². The van der Waals surface area contributed by atoms with Gasteiger partial charge in [-0.3, -0.25) is 0 Å². The topological polar surface area (TPSA) is 67.4 Å². The molecular formula is C19H26N2O3. The zero-order valence-electron chi connectivity index (χ0n) is 14.4. The third-order valence-electron chi connectivity index (χ3n) is 4.29. The van der Waals surface area contributed by atoms with Crippen molar-refractivity contribution in [3.8, 4) is 0 Å². The molecule has 0 saturated heterocycles. The molecule has 2 amide bonds. The van der Waals surface area contributed by atoms with Gasteiger partial charge in [-0.2, -0.15) is 0 Å². The van der Waals surface area contributed by atoms with E-state index in [0.29, 0.717) is 12.5 Å². The van der Waals surface area contributed by atoms with E-state index in [-0.39, 0.29) is 18.0 Å². The Morgan fingerprint density at radius 1 is 1.21 bits per heavy atom. The zero-order chi connectivity index (χ0) is 17.4. The first-order chi connectivity index (χ1) is 11.6. The number of hydrogen-bond acceptors (Lipinski definition) is 3. The molecule has 0 aliphatic heterocycles. The van der Waals surface area contributed by atoms with Crippen LogP contribution in [0.2, 0.25) is 0 Å². The van der Waals surface area contributed by atoms with E-state index in [9.17, 15) is 9.59 Å².